The van der Waals surface area contributed by atoms with E-state index in [1.54, 1.807) is 13.3 Å². The summed E-state index contributed by atoms with van der Waals surface area (Å²) in [5.74, 6) is 1.39. The number of aromatic nitrogens is 1. The maximum atomic E-state index is 5.48. The maximum Gasteiger partial charge on any atom is 0.213 e. The van der Waals surface area contributed by atoms with Crippen molar-refractivity contribution in [2.75, 3.05) is 26.9 Å². The predicted octanol–water partition coefficient (Wildman–Crippen LogP) is 3.54. The van der Waals surface area contributed by atoms with Crippen molar-refractivity contribution >= 4 is 29.9 Å². The minimum atomic E-state index is 0. The van der Waals surface area contributed by atoms with Gasteiger partial charge in [0.1, 0.15) is 6.61 Å². The summed E-state index contributed by atoms with van der Waals surface area (Å²) in [6, 6.07) is 12.3. The first-order valence-electron chi connectivity index (χ1n) is 9.42. The highest BCUT2D eigenvalue weighted by Crippen LogP contribution is 2.10. The van der Waals surface area contributed by atoms with E-state index < -0.39 is 0 Å². The van der Waals surface area contributed by atoms with Gasteiger partial charge in [-0.15, -0.1) is 24.0 Å². The Hall–Kier alpha value is -1.87. The Bertz CT molecular complexity index is 708. The number of rotatable bonds is 10. The van der Waals surface area contributed by atoms with Crippen LogP contribution in [0.5, 0.6) is 5.88 Å². The molecule has 2 N–H and O–H groups in total. The van der Waals surface area contributed by atoms with Gasteiger partial charge in [0.2, 0.25) is 5.88 Å². The maximum absolute atomic E-state index is 5.48. The van der Waals surface area contributed by atoms with Gasteiger partial charge >= 0.3 is 0 Å². The normalized spacial score (nSPS) is 10.9. The average Bonchev–Trinajstić information content (AvgIpc) is 2.71. The number of pyridine rings is 1. The van der Waals surface area contributed by atoms with E-state index in [1.165, 1.54) is 11.1 Å². The number of aliphatic imine (C=N–C) groups is 1. The Balaban J connectivity index is 0.00000392. The van der Waals surface area contributed by atoms with Crippen LogP contribution in [-0.4, -0.2) is 37.8 Å². The molecule has 28 heavy (non-hydrogen) atoms. The zero-order valence-electron chi connectivity index (χ0n) is 16.9. The summed E-state index contributed by atoms with van der Waals surface area (Å²) in [6.07, 6.45) is 2.82. The summed E-state index contributed by atoms with van der Waals surface area (Å²) < 4.78 is 10.4. The van der Waals surface area contributed by atoms with Gasteiger partial charge in [-0.25, -0.2) is 9.98 Å². The number of benzene rings is 1. The molecule has 0 amide bonds. The molecule has 0 atom stereocenters. The molecular weight excluding hydrogens is 467 g/mol. The van der Waals surface area contributed by atoms with Crippen LogP contribution in [0.4, 0.5) is 0 Å². The second-order valence-corrected chi connectivity index (χ2v) is 6.02. The lowest BCUT2D eigenvalue weighted by Crippen LogP contribution is -2.37. The third-order valence-electron chi connectivity index (χ3n) is 4.04. The number of nitrogens with zero attached hydrogens (tertiary/aromatic N) is 2. The smallest absolute Gasteiger partial charge is 0.213 e. The fraction of sp³-hybridized carbons (Fsp3) is 0.429. The van der Waals surface area contributed by atoms with E-state index in [0.29, 0.717) is 25.6 Å². The van der Waals surface area contributed by atoms with E-state index in [4.69, 9.17) is 9.47 Å². The Labute approximate surface area is 185 Å². The van der Waals surface area contributed by atoms with E-state index in [2.05, 4.69) is 58.7 Å². The Morgan fingerprint density at radius 3 is 2.46 bits per heavy atom. The third kappa shape index (κ3) is 8.43. The fourth-order valence-corrected chi connectivity index (χ4v) is 2.59. The van der Waals surface area contributed by atoms with E-state index in [1.807, 2.05) is 12.1 Å². The molecule has 0 aliphatic heterocycles. The zero-order chi connectivity index (χ0) is 19.3. The topological polar surface area (TPSA) is 67.8 Å². The quantitative estimate of drug-likeness (QED) is 0.227. The van der Waals surface area contributed by atoms with Gasteiger partial charge in [-0.3, -0.25) is 0 Å². The number of ether oxygens (including phenoxy) is 2. The van der Waals surface area contributed by atoms with Crippen LogP contribution in [0.1, 0.15) is 30.5 Å². The van der Waals surface area contributed by atoms with Crippen LogP contribution in [0.15, 0.2) is 47.6 Å². The lowest BCUT2D eigenvalue weighted by Gasteiger charge is -2.13. The minimum absolute atomic E-state index is 0. The number of methoxy groups -OCH3 is 1. The van der Waals surface area contributed by atoms with Gasteiger partial charge in [0.25, 0.3) is 0 Å². The molecule has 154 valence electrons. The Kier molecular flexibility index (Phi) is 12.2. The molecule has 1 aromatic carbocycles. The number of nitrogens with one attached hydrogen (secondary N) is 2. The molecule has 0 spiro atoms. The predicted molar refractivity (Wildman–Crippen MR) is 124 cm³/mol. The largest absolute Gasteiger partial charge is 0.475 e. The van der Waals surface area contributed by atoms with Gasteiger partial charge in [-0.2, -0.15) is 0 Å². The highest BCUT2D eigenvalue weighted by Gasteiger charge is 2.03. The van der Waals surface area contributed by atoms with Crippen LogP contribution < -0.4 is 15.4 Å². The molecule has 0 aliphatic carbocycles. The molecule has 1 aromatic heterocycles. The zero-order valence-corrected chi connectivity index (χ0v) is 19.2. The lowest BCUT2D eigenvalue weighted by atomic mass is 10.1. The third-order valence-corrected chi connectivity index (χ3v) is 4.04. The Morgan fingerprint density at radius 2 is 1.82 bits per heavy atom. The highest BCUT2D eigenvalue weighted by atomic mass is 127. The monoisotopic (exact) mass is 498 g/mol. The van der Waals surface area contributed by atoms with Crippen molar-refractivity contribution in [3.05, 3.63) is 59.3 Å². The molecule has 2 rings (SSSR count). The van der Waals surface area contributed by atoms with Gasteiger partial charge in [-0.05, 0) is 30.0 Å². The highest BCUT2D eigenvalue weighted by molar-refractivity contribution is 14.0. The van der Waals surface area contributed by atoms with E-state index in [9.17, 15) is 0 Å². The van der Waals surface area contributed by atoms with Crippen LogP contribution >= 0.6 is 24.0 Å². The molecule has 0 saturated carbocycles. The van der Waals surface area contributed by atoms with Crippen LogP contribution in [0.2, 0.25) is 0 Å². The van der Waals surface area contributed by atoms with Crippen molar-refractivity contribution in [1.82, 2.24) is 15.6 Å². The lowest BCUT2D eigenvalue weighted by molar-refractivity contribution is 0.143. The number of aryl methyl sites for hydroxylation is 1. The van der Waals surface area contributed by atoms with Crippen LogP contribution in [0.3, 0.4) is 0 Å². The molecule has 0 unspecified atom stereocenters. The van der Waals surface area contributed by atoms with Gasteiger partial charge < -0.3 is 20.1 Å². The molecule has 0 saturated heterocycles. The molecule has 6 nitrogen and oxygen atoms in total. The second kappa shape index (κ2) is 14.2. The fourth-order valence-electron chi connectivity index (χ4n) is 2.59. The summed E-state index contributed by atoms with van der Waals surface area (Å²) in [5, 5.41) is 6.69. The second-order valence-electron chi connectivity index (χ2n) is 6.02. The summed E-state index contributed by atoms with van der Waals surface area (Å²) in [4.78, 5) is 8.96. The van der Waals surface area contributed by atoms with E-state index in [0.717, 1.165) is 31.0 Å². The molecule has 0 bridgehead atoms. The summed E-state index contributed by atoms with van der Waals surface area (Å²) in [5.41, 5.74) is 3.68. The first kappa shape index (κ1) is 24.2. The van der Waals surface area contributed by atoms with Crippen molar-refractivity contribution < 1.29 is 9.47 Å². The van der Waals surface area contributed by atoms with Crippen LogP contribution in [0, 0.1) is 0 Å². The van der Waals surface area contributed by atoms with Gasteiger partial charge in [-0.1, -0.05) is 37.3 Å². The van der Waals surface area contributed by atoms with Crippen LogP contribution in [0.25, 0.3) is 0 Å². The first-order valence-corrected chi connectivity index (χ1v) is 9.42. The SMILES string of the molecule is CCNC(=NCc1ccc(OCCOC)nc1)NCc1ccccc1CC.I. The van der Waals surface area contributed by atoms with Crippen molar-refractivity contribution in [1.29, 1.82) is 0 Å². The minimum Gasteiger partial charge on any atom is -0.475 e. The van der Waals surface area contributed by atoms with Crippen molar-refractivity contribution in [3.63, 3.8) is 0 Å². The summed E-state index contributed by atoms with van der Waals surface area (Å²) >= 11 is 0. The van der Waals surface area contributed by atoms with Crippen LogP contribution in [-0.2, 0) is 24.2 Å². The van der Waals surface area contributed by atoms with Gasteiger partial charge in [0, 0.05) is 32.5 Å². The number of hydrogen-bond acceptors (Lipinski definition) is 4. The molecule has 7 heteroatoms. The molecular formula is C21H31IN4O2. The van der Waals surface area contributed by atoms with Gasteiger partial charge in [0.05, 0.1) is 13.2 Å². The average molecular weight is 498 g/mol. The number of hydrogen-bond donors (Lipinski definition) is 2. The summed E-state index contributed by atoms with van der Waals surface area (Å²) in [7, 11) is 1.65. The molecule has 0 aliphatic rings. The van der Waals surface area contributed by atoms with Crippen molar-refractivity contribution in [3.8, 4) is 5.88 Å². The first-order chi connectivity index (χ1) is 13.3. The molecule has 1 heterocycles. The standard InChI is InChI=1S/C21H30N4O2.HI/c1-4-18-8-6-7-9-19(18)16-25-21(22-5-2)24-15-17-10-11-20(23-14-17)27-13-12-26-3;/h6-11,14H,4-5,12-13,15-16H2,1-3H3,(H2,22,24,25);1H. The van der Waals surface area contributed by atoms with Crippen molar-refractivity contribution in [2.45, 2.75) is 33.4 Å². The van der Waals surface area contributed by atoms with E-state index >= 15 is 0 Å². The number of halogens is 1. The molecule has 0 fully saturated rings. The van der Waals surface area contributed by atoms with E-state index in [-0.39, 0.29) is 24.0 Å². The number of guanidine groups is 1. The molecule has 2 aromatic rings. The van der Waals surface area contributed by atoms with Gasteiger partial charge in [0.15, 0.2) is 5.96 Å². The van der Waals surface area contributed by atoms with Crippen molar-refractivity contribution in [2.24, 2.45) is 4.99 Å². The summed E-state index contributed by atoms with van der Waals surface area (Å²) in [6.45, 7) is 7.39. The molecule has 0 radical (unpaired) electrons. The Morgan fingerprint density at radius 1 is 1.04 bits per heavy atom.